The molecule has 3 nitrogen and oxygen atoms in total. The van der Waals surface area contributed by atoms with E-state index in [4.69, 9.17) is 11.6 Å². The van der Waals surface area contributed by atoms with E-state index in [1.807, 2.05) is 0 Å². The molecule has 0 aromatic carbocycles. The molecule has 0 heterocycles. The quantitative estimate of drug-likeness (QED) is 0.446. The van der Waals surface area contributed by atoms with Gasteiger partial charge in [0.2, 0.25) is 0 Å². The lowest BCUT2D eigenvalue weighted by Crippen LogP contribution is -1.92. The summed E-state index contributed by atoms with van der Waals surface area (Å²) in [5.41, 5.74) is 0. The van der Waals surface area contributed by atoms with Gasteiger partial charge in [0.05, 0.1) is 0 Å². The molecule has 0 atom stereocenters. The second-order valence-corrected chi connectivity index (χ2v) is 2.99. The predicted molar refractivity (Wildman–Crippen MR) is 26.6 cm³/mol. The smallest absolute Gasteiger partial charge is 0.242 e. The van der Waals surface area contributed by atoms with Gasteiger partial charge in [-0.05, 0) is 0 Å². The molecule has 0 aliphatic carbocycles. The Bertz CT molecular complexity index is 126. The van der Waals surface area contributed by atoms with E-state index in [9.17, 15) is 8.42 Å². The molecule has 0 aromatic heterocycles. The Morgan fingerprint density at radius 3 is 2.00 bits per heavy atom. The van der Waals surface area contributed by atoms with Crippen molar-refractivity contribution in [3.63, 3.8) is 0 Å². The Hall–Kier alpha value is 0.490. The van der Waals surface area contributed by atoms with Gasteiger partial charge in [-0.3, -0.25) is 0 Å². The zero-order chi connectivity index (χ0) is 5.91. The van der Waals surface area contributed by atoms with E-state index in [2.05, 4.69) is 14.9 Å². The maximum atomic E-state index is 9.69. The van der Waals surface area contributed by atoms with Crippen LogP contribution in [0.5, 0.6) is 0 Å². The monoisotopic (exact) mass is 164 g/mol. The molecule has 0 aromatic rings. The molecule has 0 aliphatic rings. The van der Waals surface area contributed by atoms with Crippen LogP contribution in [0.4, 0.5) is 0 Å². The van der Waals surface area contributed by atoms with Crippen LogP contribution in [-0.4, -0.2) is 14.5 Å². The fourth-order valence-electron chi connectivity index (χ4n) is 0.0532. The van der Waals surface area contributed by atoms with Gasteiger partial charge in [0.25, 0.3) is 0 Å². The first-order chi connectivity index (χ1) is 3.06. The van der Waals surface area contributed by atoms with E-state index >= 15 is 0 Å². The van der Waals surface area contributed by atoms with E-state index in [1.54, 1.807) is 0 Å². The summed E-state index contributed by atoms with van der Waals surface area (Å²) in [5, 5.41) is 0. The lowest BCUT2D eigenvalue weighted by atomic mass is 11.7. The van der Waals surface area contributed by atoms with E-state index in [0.29, 0.717) is 0 Å². The fraction of sp³-hybridized carbons (Fsp3) is 1.00. The third-order valence-corrected chi connectivity index (χ3v) is 1.09. The van der Waals surface area contributed by atoms with Gasteiger partial charge in [0.15, 0.2) is 0 Å². The van der Waals surface area contributed by atoms with Crippen LogP contribution in [-0.2, 0) is 13.5 Å². The van der Waals surface area contributed by atoms with Crippen molar-refractivity contribution in [2.24, 2.45) is 0 Å². The molecule has 0 spiro atoms. The van der Waals surface area contributed by atoms with Gasteiger partial charge in [-0.2, -0.15) is 8.42 Å². The molecule has 0 unspecified atom stereocenters. The average Bonchev–Trinajstić information content (AvgIpc) is 1.30. The van der Waals surface area contributed by atoms with Crippen LogP contribution in [0, 0.1) is 0 Å². The van der Waals surface area contributed by atoms with Gasteiger partial charge in [-0.25, -0.2) is 4.18 Å². The van der Waals surface area contributed by atoms with Crippen molar-refractivity contribution in [3.8, 4) is 0 Å². The molecule has 0 N–H and O–H groups in total. The van der Waals surface area contributed by atoms with Crippen LogP contribution >= 0.6 is 22.3 Å². The summed E-state index contributed by atoms with van der Waals surface area (Å²) < 4.78 is 23.1. The van der Waals surface area contributed by atoms with Gasteiger partial charge < -0.3 is 0 Å². The molecular weight excluding hydrogens is 163 g/mol. The maximum absolute atomic E-state index is 9.69. The maximum Gasteiger partial charge on any atom is 0.356 e. The average molecular weight is 165 g/mol. The van der Waals surface area contributed by atoms with Crippen molar-refractivity contribution in [3.05, 3.63) is 0 Å². The van der Waals surface area contributed by atoms with Crippen LogP contribution in [0.1, 0.15) is 0 Å². The second-order valence-electron chi connectivity index (χ2n) is 0.620. The van der Waals surface area contributed by atoms with Crippen LogP contribution < -0.4 is 0 Å². The number of alkyl halides is 1. The summed E-state index contributed by atoms with van der Waals surface area (Å²) in [7, 11) is 0.665. The van der Waals surface area contributed by atoms with E-state index in [0.717, 1.165) is 0 Å². The summed E-state index contributed by atoms with van der Waals surface area (Å²) in [6, 6.07) is -0.439. The Morgan fingerprint density at radius 2 is 2.00 bits per heavy atom. The number of hydrogen-bond acceptors (Lipinski definition) is 3. The highest BCUT2D eigenvalue weighted by Gasteiger charge is 2.00. The highest BCUT2D eigenvalue weighted by molar-refractivity contribution is 8.10. The van der Waals surface area contributed by atoms with Crippen molar-refractivity contribution in [2.75, 3.05) is 6.07 Å². The topological polar surface area (TPSA) is 43.4 Å². The van der Waals surface area contributed by atoms with E-state index in [-0.39, 0.29) is 0 Å². The normalized spacial score (nSPS) is 11.7. The Kier molecular flexibility index (Phi) is 2.90. The fourth-order valence-corrected chi connectivity index (χ4v) is 0.782. The molecule has 7 heavy (non-hydrogen) atoms. The zero-order valence-corrected chi connectivity index (χ0v) is 5.42. The summed E-state index contributed by atoms with van der Waals surface area (Å²) in [4.78, 5) is 0. The number of halogens is 2. The minimum absolute atomic E-state index is 0.439. The third kappa shape index (κ3) is 6.49. The summed E-state index contributed by atoms with van der Waals surface area (Å²) >= 11 is 4.80. The Morgan fingerprint density at radius 1 is 1.57 bits per heavy atom. The van der Waals surface area contributed by atoms with Crippen molar-refractivity contribution in [1.82, 2.24) is 0 Å². The first-order valence-corrected chi connectivity index (χ1v) is 3.98. The number of rotatable bonds is 2. The molecule has 0 aliphatic heterocycles. The van der Waals surface area contributed by atoms with Crippen LogP contribution in [0.25, 0.3) is 0 Å². The van der Waals surface area contributed by atoms with E-state index < -0.39 is 15.4 Å². The third-order valence-electron chi connectivity index (χ3n) is 0.185. The molecule has 0 saturated carbocycles. The SMILES string of the molecule is O=S(=O)(Cl)OCCl. The van der Waals surface area contributed by atoms with Gasteiger partial charge in [0.1, 0.15) is 6.07 Å². The first-order valence-electron chi connectivity index (χ1n) is 1.21. The predicted octanol–water partition coefficient (Wildman–Crippen LogP) is 0.683. The minimum Gasteiger partial charge on any atom is -0.242 e. The van der Waals surface area contributed by atoms with Crippen molar-refractivity contribution >= 4 is 31.6 Å². The molecular formula is CH2Cl2O3S. The lowest BCUT2D eigenvalue weighted by Gasteiger charge is -1.86. The molecule has 0 bridgehead atoms. The van der Waals surface area contributed by atoms with Crippen LogP contribution in [0.15, 0.2) is 0 Å². The second kappa shape index (κ2) is 2.71. The lowest BCUT2D eigenvalue weighted by molar-refractivity contribution is 0.390. The molecule has 6 heteroatoms. The van der Waals surface area contributed by atoms with Gasteiger partial charge in [-0.15, -0.1) is 0 Å². The molecule has 0 radical (unpaired) electrons. The van der Waals surface area contributed by atoms with Crippen LogP contribution in [0.2, 0.25) is 0 Å². The molecule has 0 amide bonds. The molecule has 0 rings (SSSR count). The van der Waals surface area contributed by atoms with Crippen molar-refractivity contribution in [2.45, 2.75) is 0 Å². The number of hydrogen-bond donors (Lipinski definition) is 0. The Labute approximate surface area is 50.8 Å². The van der Waals surface area contributed by atoms with Crippen molar-refractivity contribution < 1.29 is 12.6 Å². The van der Waals surface area contributed by atoms with Gasteiger partial charge in [-0.1, -0.05) is 11.6 Å². The summed E-state index contributed by atoms with van der Waals surface area (Å²) in [6.45, 7) is 0. The Balaban J connectivity index is 3.60. The van der Waals surface area contributed by atoms with Crippen LogP contribution in [0.3, 0.4) is 0 Å². The molecule has 44 valence electrons. The molecule has 0 fully saturated rings. The standard InChI is InChI=1S/CH2Cl2O3S/c2-1-6-7(3,4)5/h1H2. The largest absolute Gasteiger partial charge is 0.356 e. The first kappa shape index (κ1) is 7.49. The van der Waals surface area contributed by atoms with Crippen molar-refractivity contribution in [1.29, 1.82) is 0 Å². The van der Waals surface area contributed by atoms with Gasteiger partial charge >= 0.3 is 9.33 Å². The summed E-state index contributed by atoms with van der Waals surface area (Å²) in [5.74, 6) is 0. The van der Waals surface area contributed by atoms with E-state index in [1.165, 1.54) is 0 Å². The minimum atomic E-state index is -3.83. The molecule has 0 saturated heterocycles. The highest BCUT2D eigenvalue weighted by atomic mass is 35.7. The zero-order valence-electron chi connectivity index (χ0n) is 3.10. The van der Waals surface area contributed by atoms with Gasteiger partial charge in [0, 0.05) is 10.7 Å². The summed E-state index contributed by atoms with van der Waals surface area (Å²) in [6.07, 6.45) is 0. The highest BCUT2D eigenvalue weighted by Crippen LogP contribution is 1.97.